The summed E-state index contributed by atoms with van der Waals surface area (Å²) in [7, 11) is 0. The summed E-state index contributed by atoms with van der Waals surface area (Å²) in [6.07, 6.45) is 4.42. The topological polar surface area (TPSA) is 61.9 Å². The van der Waals surface area contributed by atoms with Crippen LogP contribution in [0.15, 0.2) is 79.4 Å². The van der Waals surface area contributed by atoms with Crippen molar-refractivity contribution >= 4 is 34.8 Å². The summed E-state index contributed by atoms with van der Waals surface area (Å²) in [5, 5.41) is 12.9. The highest BCUT2D eigenvalue weighted by atomic mass is 35.5. The number of allylic oxidation sites excluding steroid dienone is 1. The van der Waals surface area contributed by atoms with Crippen LogP contribution in [0.1, 0.15) is 47.7 Å². The molecule has 4 heteroatoms. The zero-order valence-corrected chi connectivity index (χ0v) is 18.7. The molecule has 4 N–H and O–H groups in total. The number of nitrogen functional groups attached to an aromatic ring is 1. The van der Waals surface area contributed by atoms with E-state index in [9.17, 15) is 0 Å². The second-order valence-electron chi connectivity index (χ2n) is 7.46. The van der Waals surface area contributed by atoms with Gasteiger partial charge in [0.1, 0.15) is 0 Å². The van der Waals surface area contributed by atoms with Crippen molar-refractivity contribution in [1.29, 1.82) is 5.41 Å². The first-order valence-corrected chi connectivity index (χ1v) is 10.7. The van der Waals surface area contributed by atoms with E-state index < -0.39 is 0 Å². The van der Waals surface area contributed by atoms with E-state index >= 15 is 0 Å². The summed E-state index contributed by atoms with van der Waals surface area (Å²) in [6.45, 7) is 8.47. The molecule has 3 nitrogen and oxygen atoms in total. The number of benzene rings is 3. The van der Waals surface area contributed by atoms with Crippen molar-refractivity contribution in [2.45, 2.75) is 26.3 Å². The molecule has 158 valence electrons. The van der Waals surface area contributed by atoms with Crippen LogP contribution in [0, 0.1) is 5.41 Å². The minimum Gasteiger partial charge on any atom is -0.398 e. The fourth-order valence-corrected chi connectivity index (χ4v) is 3.76. The average molecular weight is 430 g/mol. The van der Waals surface area contributed by atoms with Crippen LogP contribution < -0.4 is 11.1 Å². The number of halogens is 1. The predicted molar refractivity (Wildman–Crippen MR) is 135 cm³/mol. The van der Waals surface area contributed by atoms with Gasteiger partial charge in [0.15, 0.2) is 0 Å². The number of anilines is 1. The van der Waals surface area contributed by atoms with Crippen LogP contribution >= 0.6 is 11.6 Å². The molecule has 3 aromatic carbocycles. The van der Waals surface area contributed by atoms with Gasteiger partial charge in [0.25, 0.3) is 0 Å². The first kappa shape index (κ1) is 22.4. The van der Waals surface area contributed by atoms with Gasteiger partial charge in [-0.2, -0.15) is 0 Å². The van der Waals surface area contributed by atoms with Crippen molar-refractivity contribution < 1.29 is 0 Å². The van der Waals surface area contributed by atoms with Crippen molar-refractivity contribution in [3.63, 3.8) is 0 Å². The minimum atomic E-state index is 0.115. The van der Waals surface area contributed by atoms with Crippen molar-refractivity contribution in [3.8, 4) is 0 Å². The van der Waals surface area contributed by atoms with Gasteiger partial charge < -0.3 is 16.5 Å². The summed E-state index contributed by atoms with van der Waals surface area (Å²) < 4.78 is 0. The van der Waals surface area contributed by atoms with Crippen LogP contribution in [-0.2, 0) is 6.42 Å². The van der Waals surface area contributed by atoms with Crippen LogP contribution in [-0.4, -0.2) is 5.71 Å². The van der Waals surface area contributed by atoms with Crippen molar-refractivity contribution in [1.82, 2.24) is 5.32 Å². The molecule has 0 fully saturated rings. The maximum Gasteiger partial charge on any atom is 0.0636 e. The van der Waals surface area contributed by atoms with Gasteiger partial charge in [0, 0.05) is 33.6 Å². The van der Waals surface area contributed by atoms with E-state index in [0.717, 1.165) is 34.4 Å². The van der Waals surface area contributed by atoms with E-state index in [1.807, 2.05) is 60.7 Å². The van der Waals surface area contributed by atoms with E-state index in [-0.39, 0.29) is 6.04 Å². The summed E-state index contributed by atoms with van der Waals surface area (Å²) >= 11 is 5.96. The molecule has 1 atom stereocenters. The third-order valence-electron chi connectivity index (χ3n) is 5.30. The van der Waals surface area contributed by atoms with Gasteiger partial charge in [-0.1, -0.05) is 79.7 Å². The van der Waals surface area contributed by atoms with Crippen molar-refractivity contribution in [3.05, 3.63) is 112 Å². The average Bonchev–Trinajstić information content (AvgIpc) is 2.78. The van der Waals surface area contributed by atoms with Crippen LogP contribution in [0.5, 0.6) is 0 Å². The number of rotatable bonds is 8. The molecule has 1 unspecified atom stereocenters. The van der Waals surface area contributed by atoms with Crippen LogP contribution in [0.3, 0.4) is 0 Å². The number of hydrogen-bond acceptors (Lipinski definition) is 3. The SMILES string of the molecule is C=C(NC(C)c1ccccc1)c1ccc(N)c(C(=N)/C=C/c2ccc(Cl)cc2)c1CC. The Morgan fingerprint density at radius 1 is 1.10 bits per heavy atom. The molecular formula is C27H28ClN3. The summed E-state index contributed by atoms with van der Waals surface area (Å²) in [6, 6.07) is 21.7. The Balaban J connectivity index is 1.88. The molecule has 0 aliphatic heterocycles. The molecule has 0 amide bonds. The molecule has 3 rings (SSSR count). The van der Waals surface area contributed by atoms with E-state index in [1.165, 1.54) is 5.56 Å². The second-order valence-corrected chi connectivity index (χ2v) is 7.90. The molecule has 3 aromatic rings. The normalized spacial score (nSPS) is 12.0. The minimum absolute atomic E-state index is 0.115. The Morgan fingerprint density at radius 2 is 1.77 bits per heavy atom. The van der Waals surface area contributed by atoms with Gasteiger partial charge in [0.2, 0.25) is 0 Å². The molecule has 0 aliphatic carbocycles. The maximum atomic E-state index is 8.68. The summed E-state index contributed by atoms with van der Waals surface area (Å²) in [5.41, 5.74) is 13.0. The fraction of sp³-hybridized carbons (Fsp3) is 0.148. The molecule has 0 spiro atoms. The molecule has 0 heterocycles. The molecule has 0 saturated heterocycles. The second kappa shape index (κ2) is 10.1. The molecule has 0 saturated carbocycles. The van der Waals surface area contributed by atoms with Crippen molar-refractivity contribution in [2.75, 3.05) is 5.73 Å². The third-order valence-corrected chi connectivity index (χ3v) is 5.55. The third kappa shape index (κ3) is 5.44. The molecule has 0 aliphatic rings. The fourth-order valence-electron chi connectivity index (χ4n) is 3.63. The van der Waals surface area contributed by atoms with Crippen LogP contribution in [0.25, 0.3) is 11.8 Å². The van der Waals surface area contributed by atoms with Gasteiger partial charge in [-0.05, 0) is 54.3 Å². The Bertz CT molecular complexity index is 1100. The highest BCUT2D eigenvalue weighted by Gasteiger charge is 2.16. The van der Waals surface area contributed by atoms with E-state index in [0.29, 0.717) is 16.4 Å². The standard InChI is InChI=1S/C27H28ClN3/c1-4-23-24(19(3)31-18(2)21-8-6-5-7-9-21)15-17-26(30)27(23)25(29)16-12-20-10-13-22(28)14-11-20/h5-18,29,31H,3-4,30H2,1-2H3/b16-12+,29-25?. The summed E-state index contributed by atoms with van der Waals surface area (Å²) in [5.74, 6) is 0. The maximum absolute atomic E-state index is 8.68. The van der Waals surface area contributed by atoms with Gasteiger partial charge in [-0.15, -0.1) is 0 Å². The van der Waals surface area contributed by atoms with Crippen molar-refractivity contribution in [2.24, 2.45) is 0 Å². The summed E-state index contributed by atoms with van der Waals surface area (Å²) in [4.78, 5) is 0. The van der Waals surface area contributed by atoms with E-state index in [1.54, 1.807) is 6.08 Å². The Kier molecular flexibility index (Phi) is 7.32. The quantitative estimate of drug-likeness (QED) is 0.269. The molecule has 0 bridgehead atoms. The monoisotopic (exact) mass is 429 g/mol. The number of nitrogens with two attached hydrogens (primary N) is 1. The molecular weight excluding hydrogens is 402 g/mol. The lowest BCUT2D eigenvalue weighted by molar-refractivity contribution is 0.701. The molecule has 31 heavy (non-hydrogen) atoms. The van der Waals surface area contributed by atoms with Crippen LogP contribution in [0.4, 0.5) is 5.69 Å². The smallest absolute Gasteiger partial charge is 0.0636 e. The highest BCUT2D eigenvalue weighted by Crippen LogP contribution is 2.28. The Labute approximate surface area is 189 Å². The highest BCUT2D eigenvalue weighted by molar-refractivity contribution is 6.30. The Morgan fingerprint density at radius 3 is 2.42 bits per heavy atom. The van der Waals surface area contributed by atoms with E-state index in [4.69, 9.17) is 22.7 Å². The zero-order valence-electron chi connectivity index (χ0n) is 18.0. The number of nitrogens with one attached hydrogen (secondary N) is 2. The first-order chi connectivity index (χ1) is 14.9. The molecule has 0 radical (unpaired) electrons. The molecule has 0 aromatic heterocycles. The lowest BCUT2D eigenvalue weighted by Crippen LogP contribution is -2.18. The predicted octanol–water partition coefficient (Wildman–Crippen LogP) is 6.89. The number of hydrogen-bond donors (Lipinski definition) is 3. The largest absolute Gasteiger partial charge is 0.398 e. The van der Waals surface area contributed by atoms with E-state index in [2.05, 4.69) is 37.9 Å². The van der Waals surface area contributed by atoms with Gasteiger partial charge in [-0.25, -0.2) is 0 Å². The van der Waals surface area contributed by atoms with Gasteiger partial charge in [0.05, 0.1) is 5.71 Å². The van der Waals surface area contributed by atoms with Crippen LogP contribution in [0.2, 0.25) is 5.02 Å². The lowest BCUT2D eigenvalue weighted by atomic mass is 9.92. The Hall–Kier alpha value is -3.30. The lowest BCUT2D eigenvalue weighted by Gasteiger charge is -2.22. The first-order valence-electron chi connectivity index (χ1n) is 10.3. The van der Waals surface area contributed by atoms with Gasteiger partial charge in [-0.3, -0.25) is 0 Å². The van der Waals surface area contributed by atoms with Gasteiger partial charge >= 0.3 is 0 Å². The zero-order chi connectivity index (χ0) is 22.4.